The second-order valence-electron chi connectivity index (χ2n) is 6.76. The summed E-state index contributed by atoms with van der Waals surface area (Å²) in [5.41, 5.74) is 1.64. The van der Waals surface area contributed by atoms with Gasteiger partial charge in [0.15, 0.2) is 0 Å². The molecule has 6 heteroatoms. The summed E-state index contributed by atoms with van der Waals surface area (Å²) in [4.78, 5) is 27.1. The standard InChI is InChI=1S/C21H24Cl2N2O2/c1-14(2)24-21(27)15(3)25(13-17-9-10-18(22)12-19(17)23)20(26)11-16-7-5-4-6-8-16/h4-10,12,14-15H,11,13H2,1-3H3,(H,24,27)/t15-/m1/s1. The first-order chi connectivity index (χ1) is 12.8. The van der Waals surface area contributed by atoms with Crippen molar-refractivity contribution in [1.82, 2.24) is 10.2 Å². The third-order valence-corrected chi connectivity index (χ3v) is 4.74. The number of nitrogens with zero attached hydrogens (tertiary/aromatic N) is 1. The van der Waals surface area contributed by atoms with Gasteiger partial charge in [0.25, 0.3) is 0 Å². The summed E-state index contributed by atoms with van der Waals surface area (Å²) in [6.45, 7) is 5.73. The van der Waals surface area contributed by atoms with Gasteiger partial charge in [0.05, 0.1) is 6.42 Å². The van der Waals surface area contributed by atoms with Gasteiger partial charge in [0, 0.05) is 22.6 Å². The zero-order valence-corrected chi connectivity index (χ0v) is 17.2. The fourth-order valence-corrected chi connectivity index (χ4v) is 3.16. The van der Waals surface area contributed by atoms with E-state index in [2.05, 4.69) is 5.32 Å². The molecule has 0 aromatic heterocycles. The molecule has 1 N–H and O–H groups in total. The van der Waals surface area contributed by atoms with E-state index in [-0.39, 0.29) is 30.8 Å². The summed E-state index contributed by atoms with van der Waals surface area (Å²) in [5.74, 6) is -0.338. The number of carbonyl (C=O) groups excluding carboxylic acids is 2. The molecule has 2 rings (SSSR count). The molecule has 0 aliphatic carbocycles. The van der Waals surface area contributed by atoms with Crippen molar-refractivity contribution in [2.45, 2.75) is 45.8 Å². The van der Waals surface area contributed by atoms with Crippen molar-refractivity contribution < 1.29 is 9.59 Å². The van der Waals surface area contributed by atoms with Gasteiger partial charge < -0.3 is 10.2 Å². The summed E-state index contributed by atoms with van der Waals surface area (Å²) >= 11 is 12.2. The van der Waals surface area contributed by atoms with E-state index in [1.165, 1.54) is 0 Å². The molecule has 0 saturated heterocycles. The Hall–Kier alpha value is -2.04. The molecule has 0 spiro atoms. The molecule has 0 bridgehead atoms. The Bertz CT molecular complexity index is 794. The molecule has 2 aromatic rings. The average Bonchev–Trinajstić information content (AvgIpc) is 2.60. The lowest BCUT2D eigenvalue weighted by atomic mass is 10.1. The van der Waals surface area contributed by atoms with Crippen molar-refractivity contribution in [3.8, 4) is 0 Å². The van der Waals surface area contributed by atoms with E-state index in [9.17, 15) is 9.59 Å². The third-order valence-electron chi connectivity index (χ3n) is 4.15. The monoisotopic (exact) mass is 406 g/mol. The Labute approximate surface area is 170 Å². The maximum absolute atomic E-state index is 13.0. The largest absolute Gasteiger partial charge is 0.352 e. The molecule has 144 valence electrons. The number of nitrogens with one attached hydrogen (secondary N) is 1. The fourth-order valence-electron chi connectivity index (χ4n) is 2.69. The first-order valence-electron chi connectivity index (χ1n) is 8.85. The molecule has 4 nitrogen and oxygen atoms in total. The molecule has 2 aromatic carbocycles. The van der Waals surface area contributed by atoms with Crippen LogP contribution in [-0.4, -0.2) is 28.8 Å². The third kappa shape index (κ3) is 6.26. The van der Waals surface area contributed by atoms with Crippen molar-refractivity contribution in [3.63, 3.8) is 0 Å². The molecular weight excluding hydrogens is 383 g/mol. The second-order valence-corrected chi connectivity index (χ2v) is 7.60. The lowest BCUT2D eigenvalue weighted by molar-refractivity contribution is -0.140. The highest BCUT2D eigenvalue weighted by molar-refractivity contribution is 6.35. The summed E-state index contributed by atoms with van der Waals surface area (Å²) in [5, 5.41) is 3.86. The zero-order chi connectivity index (χ0) is 20.0. The van der Waals surface area contributed by atoms with Crippen LogP contribution in [0.25, 0.3) is 0 Å². The van der Waals surface area contributed by atoms with Crippen LogP contribution in [0.5, 0.6) is 0 Å². The van der Waals surface area contributed by atoms with E-state index in [4.69, 9.17) is 23.2 Å². The molecular formula is C21H24Cl2N2O2. The number of amides is 2. The molecule has 0 unspecified atom stereocenters. The number of hydrogen-bond donors (Lipinski definition) is 1. The van der Waals surface area contributed by atoms with Crippen LogP contribution in [0, 0.1) is 0 Å². The van der Waals surface area contributed by atoms with Gasteiger partial charge in [-0.1, -0.05) is 59.6 Å². The van der Waals surface area contributed by atoms with Crippen molar-refractivity contribution in [3.05, 3.63) is 69.7 Å². The number of rotatable bonds is 7. The summed E-state index contributed by atoms with van der Waals surface area (Å²) in [6.07, 6.45) is 0.214. The van der Waals surface area contributed by atoms with E-state index >= 15 is 0 Å². The van der Waals surface area contributed by atoms with Gasteiger partial charge >= 0.3 is 0 Å². The quantitative estimate of drug-likeness (QED) is 0.736. The highest BCUT2D eigenvalue weighted by Crippen LogP contribution is 2.23. The molecule has 1 atom stereocenters. The Balaban J connectivity index is 2.26. The van der Waals surface area contributed by atoms with Crippen LogP contribution < -0.4 is 5.32 Å². The van der Waals surface area contributed by atoms with Crippen LogP contribution in [0.2, 0.25) is 10.0 Å². The lowest BCUT2D eigenvalue weighted by Gasteiger charge is -2.30. The van der Waals surface area contributed by atoms with Gasteiger partial charge in [0.2, 0.25) is 11.8 Å². The normalized spacial score (nSPS) is 11.9. The highest BCUT2D eigenvalue weighted by Gasteiger charge is 2.27. The SMILES string of the molecule is CC(C)NC(=O)[C@@H](C)N(Cc1ccc(Cl)cc1Cl)C(=O)Cc1ccccc1. The predicted octanol–water partition coefficient (Wildman–Crippen LogP) is 4.48. The Kier molecular flexibility index (Phi) is 7.69. The van der Waals surface area contributed by atoms with Crippen molar-refractivity contribution in [2.75, 3.05) is 0 Å². The van der Waals surface area contributed by atoms with E-state index < -0.39 is 6.04 Å². The molecule has 0 heterocycles. The number of halogens is 2. The first-order valence-corrected chi connectivity index (χ1v) is 9.61. The average molecular weight is 407 g/mol. The number of carbonyl (C=O) groups is 2. The topological polar surface area (TPSA) is 49.4 Å². The Morgan fingerprint density at radius 2 is 1.70 bits per heavy atom. The maximum Gasteiger partial charge on any atom is 0.242 e. The molecule has 0 aliphatic rings. The fraction of sp³-hybridized carbons (Fsp3) is 0.333. The minimum absolute atomic E-state index is 0.00912. The summed E-state index contributed by atoms with van der Waals surface area (Å²) in [6, 6.07) is 14.0. The number of hydrogen-bond acceptors (Lipinski definition) is 2. The molecule has 0 fully saturated rings. The summed E-state index contributed by atoms with van der Waals surface area (Å²) in [7, 11) is 0. The van der Waals surface area contributed by atoms with E-state index in [1.54, 1.807) is 30.0 Å². The highest BCUT2D eigenvalue weighted by atomic mass is 35.5. The molecule has 27 heavy (non-hydrogen) atoms. The van der Waals surface area contributed by atoms with Crippen LogP contribution in [0.3, 0.4) is 0 Å². The van der Waals surface area contributed by atoms with Crippen LogP contribution in [0.15, 0.2) is 48.5 Å². The van der Waals surface area contributed by atoms with E-state index in [0.717, 1.165) is 11.1 Å². The zero-order valence-electron chi connectivity index (χ0n) is 15.7. The molecule has 0 saturated carbocycles. The predicted molar refractivity (Wildman–Crippen MR) is 110 cm³/mol. The van der Waals surface area contributed by atoms with Gasteiger partial charge in [-0.25, -0.2) is 0 Å². The minimum atomic E-state index is -0.629. The van der Waals surface area contributed by atoms with E-state index in [0.29, 0.717) is 10.0 Å². The van der Waals surface area contributed by atoms with Gasteiger partial charge in [-0.15, -0.1) is 0 Å². The van der Waals surface area contributed by atoms with Gasteiger partial charge in [-0.3, -0.25) is 9.59 Å². The van der Waals surface area contributed by atoms with Crippen LogP contribution in [0.4, 0.5) is 0 Å². The lowest BCUT2D eigenvalue weighted by Crippen LogP contribution is -2.49. The maximum atomic E-state index is 13.0. The van der Waals surface area contributed by atoms with Crippen LogP contribution in [0.1, 0.15) is 31.9 Å². The van der Waals surface area contributed by atoms with E-state index in [1.807, 2.05) is 44.2 Å². The van der Waals surface area contributed by atoms with Gasteiger partial charge in [-0.05, 0) is 44.0 Å². The second kappa shape index (κ2) is 9.77. The van der Waals surface area contributed by atoms with Gasteiger partial charge in [0.1, 0.15) is 6.04 Å². The smallest absolute Gasteiger partial charge is 0.242 e. The van der Waals surface area contributed by atoms with Crippen LogP contribution in [-0.2, 0) is 22.6 Å². The van der Waals surface area contributed by atoms with Crippen molar-refractivity contribution >= 4 is 35.0 Å². The van der Waals surface area contributed by atoms with Crippen molar-refractivity contribution in [2.24, 2.45) is 0 Å². The first kappa shape index (κ1) is 21.3. The van der Waals surface area contributed by atoms with Crippen LogP contribution >= 0.6 is 23.2 Å². The van der Waals surface area contributed by atoms with Gasteiger partial charge in [-0.2, -0.15) is 0 Å². The molecule has 0 aliphatic heterocycles. The van der Waals surface area contributed by atoms with Crippen molar-refractivity contribution in [1.29, 1.82) is 0 Å². The summed E-state index contributed by atoms with van der Waals surface area (Å²) < 4.78 is 0. The Morgan fingerprint density at radius 3 is 2.30 bits per heavy atom. The number of benzene rings is 2. The minimum Gasteiger partial charge on any atom is -0.352 e. The molecule has 2 amide bonds. The molecule has 0 radical (unpaired) electrons. The Morgan fingerprint density at radius 1 is 1.04 bits per heavy atom.